The van der Waals surface area contributed by atoms with E-state index in [4.69, 9.17) is 21.6 Å². The third kappa shape index (κ3) is 3.49. The Hall–Kier alpha value is -1.51. The number of sulfone groups is 1. The maximum absolute atomic E-state index is 12.1. The molecule has 1 rings (SSSR count). The minimum absolute atomic E-state index is 0.00653. The third-order valence-corrected chi connectivity index (χ3v) is 3.88. The number of hydrogen-bond acceptors (Lipinski definition) is 4. The predicted octanol–water partition coefficient (Wildman–Crippen LogP) is 2.90. The normalized spacial score (nSPS) is 12.3. The van der Waals surface area contributed by atoms with Crippen LogP contribution in [0.1, 0.15) is 13.8 Å². The predicted molar refractivity (Wildman–Crippen MR) is 68.6 cm³/mol. The Morgan fingerprint density at radius 1 is 1.39 bits per heavy atom. The van der Waals surface area contributed by atoms with Crippen molar-refractivity contribution in [3.8, 4) is 6.07 Å². The van der Waals surface area contributed by atoms with Crippen LogP contribution < -0.4 is 0 Å². The average Bonchev–Trinajstić information content (AvgIpc) is 2.29. The molecule has 0 saturated carbocycles. The largest absolute Gasteiger partial charge is 0.496 e. The minimum Gasteiger partial charge on any atom is -0.496 e. The second-order valence-corrected chi connectivity index (χ2v) is 6.09. The number of halogens is 1. The van der Waals surface area contributed by atoms with E-state index in [2.05, 4.69) is 0 Å². The Labute approximate surface area is 111 Å². The van der Waals surface area contributed by atoms with Crippen molar-refractivity contribution in [1.82, 2.24) is 0 Å². The summed E-state index contributed by atoms with van der Waals surface area (Å²) in [4.78, 5) is -0.425. The van der Waals surface area contributed by atoms with Crippen molar-refractivity contribution >= 4 is 21.4 Å². The molecule has 0 radical (unpaired) electrons. The third-order valence-electron chi connectivity index (χ3n) is 1.97. The van der Waals surface area contributed by atoms with Crippen molar-refractivity contribution in [3.63, 3.8) is 0 Å². The summed E-state index contributed by atoms with van der Waals surface area (Å²) < 4.78 is 29.2. The molecule has 1 aromatic rings. The fraction of sp³-hybridized carbons (Fsp3) is 0.250. The van der Waals surface area contributed by atoms with E-state index < -0.39 is 14.7 Å². The van der Waals surface area contributed by atoms with E-state index >= 15 is 0 Å². The van der Waals surface area contributed by atoms with Crippen LogP contribution in [0.4, 0.5) is 0 Å². The highest BCUT2D eigenvalue weighted by atomic mass is 35.5. The van der Waals surface area contributed by atoms with Gasteiger partial charge in [0.05, 0.1) is 11.0 Å². The fourth-order valence-electron chi connectivity index (χ4n) is 1.09. The number of benzene rings is 1. The van der Waals surface area contributed by atoms with Gasteiger partial charge in [-0.25, -0.2) is 8.42 Å². The Kier molecular flexibility index (Phi) is 4.76. The monoisotopic (exact) mass is 285 g/mol. The Morgan fingerprint density at radius 3 is 2.39 bits per heavy atom. The molecule has 0 spiro atoms. The standard InChI is InChI=1S/C12H12ClNO3S/c1-9(2)17-8-12(7-14)18(15,16)11-5-3-10(13)4-6-11/h3-6,8-9H,1-2H3. The van der Waals surface area contributed by atoms with E-state index in [1.165, 1.54) is 24.3 Å². The molecule has 0 aliphatic heterocycles. The number of allylic oxidation sites excluding steroid dienone is 1. The van der Waals surface area contributed by atoms with Gasteiger partial charge in [-0.05, 0) is 38.1 Å². The van der Waals surface area contributed by atoms with Gasteiger partial charge in [0, 0.05) is 5.02 Å². The van der Waals surface area contributed by atoms with Crippen LogP contribution in [0.3, 0.4) is 0 Å². The highest BCUT2D eigenvalue weighted by molar-refractivity contribution is 7.95. The van der Waals surface area contributed by atoms with Gasteiger partial charge in [0.25, 0.3) is 0 Å². The molecular weight excluding hydrogens is 274 g/mol. The lowest BCUT2D eigenvalue weighted by Gasteiger charge is -2.06. The number of hydrogen-bond donors (Lipinski definition) is 0. The lowest BCUT2D eigenvalue weighted by Crippen LogP contribution is -2.05. The Bertz CT molecular complexity index is 583. The van der Waals surface area contributed by atoms with Gasteiger partial charge in [-0.2, -0.15) is 5.26 Å². The van der Waals surface area contributed by atoms with Crippen molar-refractivity contribution in [2.75, 3.05) is 0 Å². The van der Waals surface area contributed by atoms with Gasteiger partial charge >= 0.3 is 0 Å². The first-order valence-corrected chi connectivity index (χ1v) is 7.00. The molecule has 1 aromatic carbocycles. The van der Waals surface area contributed by atoms with Crippen LogP contribution in [0.5, 0.6) is 0 Å². The molecule has 4 nitrogen and oxygen atoms in total. The van der Waals surface area contributed by atoms with Crippen molar-refractivity contribution in [2.24, 2.45) is 0 Å². The van der Waals surface area contributed by atoms with Gasteiger partial charge in [0.15, 0.2) is 4.91 Å². The lowest BCUT2D eigenvalue weighted by molar-refractivity contribution is 0.179. The van der Waals surface area contributed by atoms with Crippen molar-refractivity contribution in [3.05, 3.63) is 40.5 Å². The SMILES string of the molecule is CC(C)OC=C(C#N)S(=O)(=O)c1ccc(Cl)cc1. The van der Waals surface area contributed by atoms with Crippen LogP contribution in [0.25, 0.3) is 0 Å². The number of nitrogens with zero attached hydrogens (tertiary/aromatic N) is 1. The van der Waals surface area contributed by atoms with E-state index in [1.807, 2.05) is 0 Å². The van der Waals surface area contributed by atoms with Gasteiger partial charge in [0.1, 0.15) is 12.3 Å². The molecule has 0 aliphatic rings. The average molecular weight is 286 g/mol. The van der Waals surface area contributed by atoms with Crippen LogP contribution in [0.15, 0.2) is 40.3 Å². The van der Waals surface area contributed by atoms with Crippen molar-refractivity contribution in [1.29, 1.82) is 5.26 Å². The minimum atomic E-state index is -3.85. The zero-order chi connectivity index (χ0) is 13.8. The second-order valence-electron chi connectivity index (χ2n) is 3.74. The van der Waals surface area contributed by atoms with Gasteiger partial charge in [-0.15, -0.1) is 0 Å². The lowest BCUT2D eigenvalue weighted by atomic mass is 10.4. The molecular formula is C12H12ClNO3S. The van der Waals surface area contributed by atoms with E-state index in [-0.39, 0.29) is 11.0 Å². The van der Waals surface area contributed by atoms with Crippen molar-refractivity contribution in [2.45, 2.75) is 24.8 Å². The maximum Gasteiger partial charge on any atom is 0.219 e. The Morgan fingerprint density at radius 2 is 1.94 bits per heavy atom. The summed E-state index contributed by atoms with van der Waals surface area (Å²) in [5.41, 5.74) is 0. The molecule has 0 N–H and O–H groups in total. The molecule has 0 amide bonds. The van der Waals surface area contributed by atoms with Gasteiger partial charge < -0.3 is 4.74 Å². The summed E-state index contributed by atoms with van der Waals surface area (Å²) in [6.07, 6.45) is 0.767. The Balaban J connectivity index is 3.16. The van der Waals surface area contributed by atoms with Crippen LogP contribution >= 0.6 is 11.6 Å². The van der Waals surface area contributed by atoms with E-state index in [1.54, 1.807) is 19.9 Å². The first-order valence-electron chi connectivity index (χ1n) is 5.14. The molecule has 0 saturated heterocycles. The molecule has 0 aliphatic carbocycles. The van der Waals surface area contributed by atoms with E-state index in [0.29, 0.717) is 5.02 Å². The highest BCUT2D eigenvalue weighted by Gasteiger charge is 2.21. The number of rotatable bonds is 4. The topological polar surface area (TPSA) is 67.2 Å². The summed E-state index contributed by atoms with van der Waals surface area (Å²) in [6, 6.07) is 7.22. The molecule has 0 bridgehead atoms. The van der Waals surface area contributed by atoms with Crippen LogP contribution in [-0.4, -0.2) is 14.5 Å². The summed E-state index contributed by atoms with van der Waals surface area (Å²) in [5.74, 6) is 0. The molecule has 0 fully saturated rings. The first-order chi connectivity index (χ1) is 8.37. The van der Waals surface area contributed by atoms with Crippen LogP contribution in [0, 0.1) is 11.3 Å². The van der Waals surface area contributed by atoms with E-state index in [9.17, 15) is 8.42 Å². The molecule has 96 valence electrons. The second kappa shape index (κ2) is 5.89. The maximum atomic E-state index is 12.1. The highest BCUT2D eigenvalue weighted by Crippen LogP contribution is 2.21. The molecule has 18 heavy (non-hydrogen) atoms. The summed E-state index contributed by atoms with van der Waals surface area (Å²) in [5, 5.41) is 9.31. The molecule has 0 aromatic heterocycles. The first kappa shape index (κ1) is 14.6. The zero-order valence-corrected chi connectivity index (χ0v) is 11.5. The molecule has 6 heteroatoms. The van der Waals surface area contributed by atoms with Gasteiger partial charge in [-0.3, -0.25) is 0 Å². The van der Waals surface area contributed by atoms with Crippen molar-refractivity contribution < 1.29 is 13.2 Å². The summed E-state index contributed by atoms with van der Waals surface area (Å²) >= 11 is 5.68. The number of nitriles is 1. The number of ether oxygens (including phenoxy) is 1. The van der Waals surface area contributed by atoms with E-state index in [0.717, 1.165) is 6.26 Å². The van der Waals surface area contributed by atoms with Crippen LogP contribution in [-0.2, 0) is 14.6 Å². The van der Waals surface area contributed by atoms with Crippen LogP contribution in [0.2, 0.25) is 5.02 Å². The summed E-state index contributed by atoms with van der Waals surface area (Å²) in [6.45, 7) is 3.47. The molecule has 0 unspecified atom stereocenters. The van der Waals surface area contributed by atoms with Gasteiger partial charge in [-0.1, -0.05) is 11.6 Å². The summed E-state index contributed by atoms with van der Waals surface area (Å²) in [7, 11) is -3.85. The van der Waals surface area contributed by atoms with Gasteiger partial charge in [0.2, 0.25) is 9.84 Å². The quantitative estimate of drug-likeness (QED) is 0.630. The molecule has 0 atom stereocenters. The fourth-order valence-corrected chi connectivity index (χ4v) is 2.27. The smallest absolute Gasteiger partial charge is 0.219 e. The molecule has 0 heterocycles. The zero-order valence-electron chi connectivity index (χ0n) is 9.92.